The lowest BCUT2D eigenvalue weighted by Crippen LogP contribution is -2.28. The van der Waals surface area contributed by atoms with Crippen LogP contribution in [0.1, 0.15) is 46.5 Å². The fraction of sp³-hybridized carbons (Fsp3) is 0.571. The SMILES string of the molecule is C=C(/C=C\CSC1=CC=CCC1C(C)CC)C(=O)N(C)CCCC. The summed E-state index contributed by atoms with van der Waals surface area (Å²) in [7, 11) is 1.85. The second-order valence-corrected chi connectivity index (χ2v) is 7.64. The highest BCUT2D eigenvalue weighted by Gasteiger charge is 2.20. The lowest BCUT2D eigenvalue weighted by molar-refractivity contribution is -0.125. The van der Waals surface area contributed by atoms with Crippen LogP contribution >= 0.6 is 11.8 Å². The summed E-state index contributed by atoms with van der Waals surface area (Å²) in [5, 5.41) is 0. The van der Waals surface area contributed by atoms with Crippen molar-refractivity contribution in [1.29, 1.82) is 0 Å². The van der Waals surface area contributed by atoms with Crippen LogP contribution in [0.4, 0.5) is 0 Å². The number of hydrogen-bond donors (Lipinski definition) is 0. The first-order chi connectivity index (χ1) is 11.5. The molecule has 134 valence electrons. The number of hydrogen-bond acceptors (Lipinski definition) is 2. The highest BCUT2D eigenvalue weighted by atomic mass is 32.2. The molecule has 2 unspecified atom stereocenters. The number of carbonyl (C=O) groups is 1. The second kappa shape index (κ2) is 11.4. The van der Waals surface area contributed by atoms with E-state index in [1.165, 1.54) is 11.3 Å². The maximum Gasteiger partial charge on any atom is 0.252 e. The third-order valence-corrected chi connectivity index (χ3v) is 5.75. The summed E-state index contributed by atoms with van der Waals surface area (Å²) < 4.78 is 0. The zero-order chi connectivity index (χ0) is 17.9. The van der Waals surface area contributed by atoms with Crippen LogP contribution in [0.2, 0.25) is 0 Å². The van der Waals surface area contributed by atoms with Gasteiger partial charge in [-0.25, -0.2) is 0 Å². The largest absolute Gasteiger partial charge is 0.342 e. The maximum absolute atomic E-state index is 12.2. The van der Waals surface area contributed by atoms with E-state index in [2.05, 4.69) is 51.7 Å². The number of rotatable bonds is 10. The van der Waals surface area contributed by atoms with E-state index in [4.69, 9.17) is 0 Å². The summed E-state index contributed by atoms with van der Waals surface area (Å²) in [6.45, 7) is 11.4. The minimum Gasteiger partial charge on any atom is -0.342 e. The normalized spacial score (nSPS) is 18.5. The molecule has 0 heterocycles. The summed E-state index contributed by atoms with van der Waals surface area (Å²) in [5.74, 6) is 2.27. The third-order valence-electron chi connectivity index (χ3n) is 4.62. The number of unbranched alkanes of at least 4 members (excludes halogenated alkanes) is 1. The molecule has 2 atom stereocenters. The predicted molar refractivity (Wildman–Crippen MR) is 108 cm³/mol. The molecule has 0 aromatic rings. The molecular formula is C21H33NOS. The van der Waals surface area contributed by atoms with Gasteiger partial charge in [0.05, 0.1) is 0 Å². The minimum atomic E-state index is 0.0296. The topological polar surface area (TPSA) is 20.3 Å². The number of likely N-dealkylation sites (N-methyl/N-ethyl adjacent to an activating group) is 1. The summed E-state index contributed by atoms with van der Waals surface area (Å²) in [6.07, 6.45) is 15.1. The van der Waals surface area contributed by atoms with Crippen molar-refractivity contribution in [3.05, 3.63) is 47.4 Å². The average Bonchev–Trinajstić information content (AvgIpc) is 2.61. The Hall–Kier alpha value is -1.22. The highest BCUT2D eigenvalue weighted by Crippen LogP contribution is 2.36. The van der Waals surface area contributed by atoms with Crippen molar-refractivity contribution in [3.63, 3.8) is 0 Å². The van der Waals surface area contributed by atoms with Crippen LogP contribution in [0, 0.1) is 11.8 Å². The molecule has 0 aromatic carbocycles. The summed E-state index contributed by atoms with van der Waals surface area (Å²) in [4.78, 5) is 15.4. The summed E-state index contributed by atoms with van der Waals surface area (Å²) in [5.41, 5.74) is 0.574. The molecule has 3 heteroatoms. The van der Waals surface area contributed by atoms with Crippen LogP contribution in [0.3, 0.4) is 0 Å². The highest BCUT2D eigenvalue weighted by molar-refractivity contribution is 8.03. The van der Waals surface area contributed by atoms with Gasteiger partial charge in [0.15, 0.2) is 0 Å². The Bertz CT molecular complexity index is 504. The lowest BCUT2D eigenvalue weighted by atomic mass is 9.86. The van der Waals surface area contributed by atoms with Gasteiger partial charge < -0.3 is 4.90 Å². The Morgan fingerprint density at radius 2 is 2.25 bits per heavy atom. The van der Waals surface area contributed by atoms with Gasteiger partial charge in [0, 0.05) is 24.9 Å². The third kappa shape index (κ3) is 6.72. The molecular weight excluding hydrogens is 314 g/mol. The van der Waals surface area contributed by atoms with Crippen molar-refractivity contribution < 1.29 is 4.79 Å². The second-order valence-electron chi connectivity index (χ2n) is 6.54. The van der Waals surface area contributed by atoms with E-state index in [0.29, 0.717) is 17.4 Å². The number of thioether (sulfide) groups is 1. The van der Waals surface area contributed by atoms with E-state index in [1.807, 2.05) is 24.9 Å². The van der Waals surface area contributed by atoms with Crippen molar-refractivity contribution >= 4 is 17.7 Å². The van der Waals surface area contributed by atoms with Gasteiger partial charge in [0.1, 0.15) is 0 Å². The molecule has 0 aliphatic heterocycles. The molecule has 0 aromatic heterocycles. The lowest BCUT2D eigenvalue weighted by Gasteiger charge is -2.26. The zero-order valence-corrected chi connectivity index (χ0v) is 16.6. The monoisotopic (exact) mass is 347 g/mol. The van der Waals surface area contributed by atoms with Gasteiger partial charge >= 0.3 is 0 Å². The van der Waals surface area contributed by atoms with Gasteiger partial charge in [-0.2, -0.15) is 0 Å². The van der Waals surface area contributed by atoms with E-state index >= 15 is 0 Å². The smallest absolute Gasteiger partial charge is 0.252 e. The Kier molecular flexibility index (Phi) is 9.85. The van der Waals surface area contributed by atoms with Crippen molar-refractivity contribution in [3.8, 4) is 0 Å². The molecule has 0 fully saturated rings. The van der Waals surface area contributed by atoms with Crippen molar-refractivity contribution in [2.24, 2.45) is 11.8 Å². The van der Waals surface area contributed by atoms with Gasteiger partial charge in [-0.15, -0.1) is 11.8 Å². The van der Waals surface area contributed by atoms with Gasteiger partial charge in [-0.3, -0.25) is 4.79 Å². The Morgan fingerprint density at radius 1 is 1.50 bits per heavy atom. The first-order valence-electron chi connectivity index (χ1n) is 9.11. The summed E-state index contributed by atoms with van der Waals surface area (Å²) >= 11 is 1.88. The molecule has 0 radical (unpaired) electrons. The number of nitrogens with zero attached hydrogens (tertiary/aromatic N) is 1. The molecule has 24 heavy (non-hydrogen) atoms. The number of amides is 1. The van der Waals surface area contributed by atoms with Gasteiger partial charge in [-0.05, 0) is 29.6 Å². The maximum atomic E-state index is 12.2. The Balaban J connectivity index is 2.46. The van der Waals surface area contributed by atoms with Crippen molar-refractivity contribution in [1.82, 2.24) is 4.90 Å². The van der Waals surface area contributed by atoms with Crippen LogP contribution in [0.15, 0.2) is 47.4 Å². The van der Waals surface area contributed by atoms with Gasteiger partial charge in [0.25, 0.3) is 5.91 Å². The molecule has 0 spiro atoms. The fourth-order valence-corrected chi connectivity index (χ4v) is 3.83. The quantitative estimate of drug-likeness (QED) is 0.379. The zero-order valence-electron chi connectivity index (χ0n) is 15.8. The first-order valence-corrected chi connectivity index (χ1v) is 10.1. The molecule has 1 aliphatic carbocycles. The van der Waals surface area contributed by atoms with Crippen LogP contribution in [-0.4, -0.2) is 30.2 Å². The molecule has 1 aliphatic rings. The van der Waals surface area contributed by atoms with E-state index in [1.54, 1.807) is 4.90 Å². The number of allylic oxidation sites excluding steroid dienone is 4. The van der Waals surface area contributed by atoms with E-state index in [0.717, 1.165) is 31.6 Å². The molecule has 1 amide bonds. The first kappa shape index (κ1) is 20.8. The van der Waals surface area contributed by atoms with E-state index < -0.39 is 0 Å². The van der Waals surface area contributed by atoms with E-state index in [-0.39, 0.29) is 5.91 Å². The standard InChI is InChI=1S/C21H33NOS/c1-6-8-15-22(5)21(23)18(4)12-11-16-24-20-14-10-9-13-19(20)17(3)7-2/h9-12,14,17,19H,4,6-8,13,15-16H2,1-3,5H3/b12-11-. The van der Waals surface area contributed by atoms with Gasteiger partial charge in [0.2, 0.25) is 0 Å². The van der Waals surface area contributed by atoms with Crippen molar-refractivity contribution in [2.45, 2.75) is 46.5 Å². The van der Waals surface area contributed by atoms with Crippen LogP contribution in [0.25, 0.3) is 0 Å². The molecule has 0 bridgehead atoms. The molecule has 0 saturated carbocycles. The van der Waals surface area contributed by atoms with Crippen LogP contribution in [0.5, 0.6) is 0 Å². The fourth-order valence-electron chi connectivity index (χ4n) is 2.73. The average molecular weight is 348 g/mol. The van der Waals surface area contributed by atoms with Gasteiger partial charge in [-0.1, -0.05) is 70.6 Å². The number of carbonyl (C=O) groups excluding carboxylic acids is 1. The molecule has 1 rings (SSSR count). The van der Waals surface area contributed by atoms with Crippen molar-refractivity contribution in [2.75, 3.05) is 19.3 Å². The predicted octanol–water partition coefficient (Wildman–Crippen LogP) is 5.60. The van der Waals surface area contributed by atoms with Crippen LogP contribution < -0.4 is 0 Å². The minimum absolute atomic E-state index is 0.0296. The Morgan fingerprint density at radius 3 is 2.92 bits per heavy atom. The molecule has 0 saturated heterocycles. The van der Waals surface area contributed by atoms with Crippen LogP contribution in [-0.2, 0) is 4.79 Å². The van der Waals surface area contributed by atoms with E-state index in [9.17, 15) is 4.79 Å². The summed E-state index contributed by atoms with van der Waals surface area (Å²) in [6, 6.07) is 0. The molecule has 0 N–H and O–H groups in total. The Labute approximate surface area is 152 Å². The molecule has 2 nitrogen and oxygen atoms in total.